The van der Waals surface area contributed by atoms with Crippen molar-refractivity contribution in [3.05, 3.63) is 28.8 Å². The molecule has 3 nitrogen and oxygen atoms in total. The molecular formula is C12H15ClF2N2O. The van der Waals surface area contributed by atoms with Gasteiger partial charge in [-0.3, -0.25) is 4.79 Å². The molecule has 1 aromatic carbocycles. The predicted octanol–water partition coefficient (Wildman–Crippen LogP) is 2.93. The summed E-state index contributed by atoms with van der Waals surface area (Å²) in [5, 5.41) is 2.07. The van der Waals surface area contributed by atoms with Crippen molar-refractivity contribution in [2.45, 2.75) is 26.8 Å². The summed E-state index contributed by atoms with van der Waals surface area (Å²) in [4.78, 5) is 11.8. The summed E-state index contributed by atoms with van der Waals surface area (Å²) < 4.78 is 26.3. The van der Waals surface area contributed by atoms with Crippen molar-refractivity contribution in [3.8, 4) is 0 Å². The Hall–Kier alpha value is -1.20. The summed E-state index contributed by atoms with van der Waals surface area (Å²) in [5.74, 6) is -2.32. The Labute approximate surface area is 109 Å². The van der Waals surface area contributed by atoms with E-state index in [9.17, 15) is 13.6 Å². The van der Waals surface area contributed by atoms with Gasteiger partial charge in [0.1, 0.15) is 5.82 Å². The topological polar surface area (TPSA) is 55.1 Å². The molecule has 0 fully saturated rings. The number of halogens is 3. The quantitative estimate of drug-likeness (QED) is 0.873. The molecule has 0 radical (unpaired) electrons. The van der Waals surface area contributed by atoms with Gasteiger partial charge in [0.25, 0.3) is 0 Å². The number of nitrogens with two attached hydrogens (primary N) is 1. The zero-order chi connectivity index (χ0) is 14.1. The number of hydrogen-bond donors (Lipinski definition) is 2. The van der Waals surface area contributed by atoms with Crippen molar-refractivity contribution in [1.82, 2.24) is 0 Å². The molecule has 100 valence electrons. The molecule has 1 atom stereocenters. The van der Waals surface area contributed by atoms with Gasteiger partial charge >= 0.3 is 0 Å². The van der Waals surface area contributed by atoms with Crippen molar-refractivity contribution in [2.24, 2.45) is 11.1 Å². The number of nitrogens with one attached hydrogen (secondary N) is 1. The standard InChI is InChI=1S/C12H15ClF2N2O/c1-12(2,3)10(16)11(18)17-9-7(13)4-6(14)5-8(9)15/h4-5,10H,16H2,1-3H3,(H,17,18). The molecule has 0 saturated heterocycles. The SMILES string of the molecule is CC(C)(C)C(N)C(=O)Nc1c(F)cc(F)cc1Cl. The summed E-state index contributed by atoms with van der Waals surface area (Å²) in [7, 11) is 0. The van der Waals surface area contributed by atoms with Gasteiger partial charge < -0.3 is 11.1 Å². The van der Waals surface area contributed by atoms with E-state index in [0.717, 1.165) is 6.07 Å². The number of amides is 1. The molecule has 1 unspecified atom stereocenters. The van der Waals surface area contributed by atoms with Crippen LogP contribution in [-0.2, 0) is 4.79 Å². The number of benzene rings is 1. The molecule has 0 aromatic heterocycles. The van der Waals surface area contributed by atoms with E-state index < -0.39 is 29.0 Å². The zero-order valence-electron chi connectivity index (χ0n) is 10.4. The maximum Gasteiger partial charge on any atom is 0.241 e. The van der Waals surface area contributed by atoms with E-state index in [1.807, 2.05) is 0 Å². The molecule has 0 aliphatic rings. The average molecular weight is 277 g/mol. The third-order valence-corrected chi connectivity index (χ3v) is 2.77. The highest BCUT2D eigenvalue weighted by molar-refractivity contribution is 6.33. The van der Waals surface area contributed by atoms with E-state index in [1.54, 1.807) is 20.8 Å². The summed E-state index contributed by atoms with van der Waals surface area (Å²) in [5.41, 5.74) is 4.98. The Morgan fingerprint density at radius 2 is 1.94 bits per heavy atom. The smallest absolute Gasteiger partial charge is 0.241 e. The molecule has 0 aliphatic heterocycles. The van der Waals surface area contributed by atoms with Gasteiger partial charge in [0, 0.05) is 6.07 Å². The van der Waals surface area contributed by atoms with Crippen molar-refractivity contribution in [3.63, 3.8) is 0 Å². The van der Waals surface area contributed by atoms with Gasteiger partial charge in [0.2, 0.25) is 5.91 Å². The van der Waals surface area contributed by atoms with Crippen LogP contribution in [0.25, 0.3) is 0 Å². The van der Waals surface area contributed by atoms with Crippen molar-refractivity contribution >= 4 is 23.2 Å². The first-order chi connectivity index (χ1) is 8.12. The van der Waals surface area contributed by atoms with E-state index in [0.29, 0.717) is 6.07 Å². The largest absolute Gasteiger partial charge is 0.321 e. The summed E-state index contributed by atoms with van der Waals surface area (Å²) in [6, 6.07) is 0.727. The number of carbonyl (C=O) groups is 1. The second-order valence-corrected chi connectivity index (χ2v) is 5.48. The maximum atomic E-state index is 13.5. The van der Waals surface area contributed by atoms with Crippen LogP contribution in [0, 0.1) is 17.0 Å². The normalized spacial score (nSPS) is 13.3. The zero-order valence-corrected chi connectivity index (χ0v) is 11.1. The Morgan fingerprint density at radius 3 is 2.39 bits per heavy atom. The molecule has 18 heavy (non-hydrogen) atoms. The second kappa shape index (κ2) is 5.20. The third kappa shape index (κ3) is 3.40. The number of hydrogen-bond acceptors (Lipinski definition) is 2. The van der Waals surface area contributed by atoms with E-state index in [2.05, 4.69) is 5.32 Å². The van der Waals surface area contributed by atoms with Gasteiger partial charge in [0.05, 0.1) is 16.8 Å². The average Bonchev–Trinajstić information content (AvgIpc) is 2.20. The monoisotopic (exact) mass is 276 g/mol. The predicted molar refractivity (Wildman–Crippen MR) is 67.4 cm³/mol. The van der Waals surface area contributed by atoms with Gasteiger partial charge in [-0.1, -0.05) is 32.4 Å². The Balaban J connectivity index is 2.96. The minimum atomic E-state index is -0.936. The Morgan fingerprint density at radius 1 is 1.39 bits per heavy atom. The van der Waals surface area contributed by atoms with Gasteiger partial charge in [-0.15, -0.1) is 0 Å². The summed E-state index contributed by atoms with van der Waals surface area (Å²) >= 11 is 5.66. The van der Waals surface area contributed by atoms with Crippen LogP contribution >= 0.6 is 11.6 Å². The van der Waals surface area contributed by atoms with Crippen LogP contribution in [0.4, 0.5) is 14.5 Å². The van der Waals surface area contributed by atoms with E-state index in [4.69, 9.17) is 17.3 Å². The van der Waals surface area contributed by atoms with Crippen molar-refractivity contribution < 1.29 is 13.6 Å². The van der Waals surface area contributed by atoms with Crippen LogP contribution in [-0.4, -0.2) is 11.9 Å². The van der Waals surface area contributed by atoms with E-state index >= 15 is 0 Å². The second-order valence-electron chi connectivity index (χ2n) is 5.08. The highest BCUT2D eigenvalue weighted by Gasteiger charge is 2.28. The molecule has 0 saturated carbocycles. The molecule has 1 amide bonds. The maximum absolute atomic E-state index is 13.5. The minimum Gasteiger partial charge on any atom is -0.321 e. The molecule has 1 rings (SSSR count). The number of rotatable bonds is 2. The first kappa shape index (κ1) is 14.9. The van der Waals surface area contributed by atoms with Crippen LogP contribution in [0.3, 0.4) is 0 Å². The van der Waals surface area contributed by atoms with Gasteiger partial charge in [-0.2, -0.15) is 0 Å². The van der Waals surface area contributed by atoms with Gasteiger partial charge in [-0.05, 0) is 11.5 Å². The van der Waals surface area contributed by atoms with Crippen molar-refractivity contribution in [1.29, 1.82) is 0 Å². The van der Waals surface area contributed by atoms with Crippen LogP contribution in [0.15, 0.2) is 12.1 Å². The van der Waals surface area contributed by atoms with Crippen LogP contribution < -0.4 is 11.1 Å². The van der Waals surface area contributed by atoms with E-state index in [1.165, 1.54) is 0 Å². The highest BCUT2D eigenvalue weighted by Crippen LogP contribution is 2.27. The first-order valence-electron chi connectivity index (χ1n) is 5.34. The first-order valence-corrected chi connectivity index (χ1v) is 5.71. The number of carbonyl (C=O) groups excluding carboxylic acids is 1. The molecular weight excluding hydrogens is 262 g/mol. The summed E-state index contributed by atoms with van der Waals surface area (Å²) in [6.45, 7) is 5.33. The molecule has 6 heteroatoms. The lowest BCUT2D eigenvalue weighted by atomic mass is 9.87. The third-order valence-electron chi connectivity index (χ3n) is 2.47. The fraction of sp³-hybridized carbons (Fsp3) is 0.417. The van der Waals surface area contributed by atoms with Crippen LogP contribution in [0.5, 0.6) is 0 Å². The molecule has 0 aliphatic carbocycles. The van der Waals surface area contributed by atoms with E-state index in [-0.39, 0.29) is 10.7 Å². The molecule has 0 bridgehead atoms. The lowest BCUT2D eigenvalue weighted by molar-refractivity contribution is -0.119. The highest BCUT2D eigenvalue weighted by atomic mass is 35.5. The van der Waals surface area contributed by atoms with Gasteiger partial charge in [0.15, 0.2) is 5.82 Å². The fourth-order valence-electron chi connectivity index (χ4n) is 1.26. The van der Waals surface area contributed by atoms with Crippen LogP contribution in [0.1, 0.15) is 20.8 Å². The Bertz CT molecular complexity index is 449. The Kier molecular flexibility index (Phi) is 4.29. The molecule has 1 aromatic rings. The summed E-state index contributed by atoms with van der Waals surface area (Å²) in [6.07, 6.45) is 0. The number of anilines is 1. The molecule has 0 spiro atoms. The van der Waals surface area contributed by atoms with Gasteiger partial charge in [-0.25, -0.2) is 8.78 Å². The van der Waals surface area contributed by atoms with Crippen LogP contribution in [0.2, 0.25) is 5.02 Å². The molecule has 3 N–H and O–H groups in total. The fourth-order valence-corrected chi connectivity index (χ4v) is 1.50. The lowest BCUT2D eigenvalue weighted by Gasteiger charge is -2.26. The molecule has 0 heterocycles. The lowest BCUT2D eigenvalue weighted by Crippen LogP contribution is -2.45. The van der Waals surface area contributed by atoms with Crippen molar-refractivity contribution in [2.75, 3.05) is 5.32 Å². The minimum absolute atomic E-state index is 0.207.